The molecule has 0 heterocycles. The zero-order chi connectivity index (χ0) is 15.2. The van der Waals surface area contributed by atoms with Gasteiger partial charge in [-0.2, -0.15) is 0 Å². The predicted molar refractivity (Wildman–Crippen MR) is 80.7 cm³/mol. The van der Waals surface area contributed by atoms with Gasteiger partial charge in [0, 0.05) is 25.7 Å². The minimum atomic E-state index is -0.975. The Labute approximate surface area is 124 Å². The van der Waals surface area contributed by atoms with Crippen molar-refractivity contribution in [2.45, 2.75) is 31.8 Å². The summed E-state index contributed by atoms with van der Waals surface area (Å²) in [6.45, 7) is 0.493. The first kappa shape index (κ1) is 15.1. The van der Waals surface area contributed by atoms with Crippen LogP contribution in [0.15, 0.2) is 30.3 Å². The molecule has 0 saturated heterocycles. The van der Waals surface area contributed by atoms with Crippen LogP contribution < -0.4 is 5.32 Å². The number of hydrogen-bond acceptors (Lipinski definition) is 2. The summed E-state index contributed by atoms with van der Waals surface area (Å²) in [6.07, 6.45) is 5.96. The van der Waals surface area contributed by atoms with Crippen LogP contribution in [0.3, 0.4) is 0 Å². The van der Waals surface area contributed by atoms with E-state index >= 15 is 0 Å². The number of carboxylic acids is 1. The molecule has 1 fully saturated rings. The van der Waals surface area contributed by atoms with Gasteiger partial charge in [0.05, 0.1) is 0 Å². The highest BCUT2D eigenvalue weighted by molar-refractivity contribution is 5.85. The van der Waals surface area contributed by atoms with Crippen LogP contribution in [0.25, 0.3) is 6.08 Å². The number of carboxylic acid groups (broad SMARTS) is 1. The van der Waals surface area contributed by atoms with E-state index in [1.165, 1.54) is 6.42 Å². The van der Waals surface area contributed by atoms with E-state index in [9.17, 15) is 9.59 Å². The van der Waals surface area contributed by atoms with E-state index in [0.717, 1.165) is 30.0 Å². The lowest BCUT2D eigenvalue weighted by Crippen LogP contribution is -2.45. The van der Waals surface area contributed by atoms with Crippen molar-refractivity contribution >= 4 is 18.1 Å². The molecule has 2 rings (SSSR count). The maximum Gasteiger partial charge on any atom is 0.328 e. The monoisotopic (exact) mass is 288 g/mol. The van der Waals surface area contributed by atoms with Crippen LogP contribution in [0.2, 0.25) is 0 Å². The predicted octanol–water partition coefficient (Wildman–Crippen LogP) is 2.48. The number of hydrogen-bond donors (Lipinski definition) is 2. The fraction of sp³-hybridized carbons (Fsp3) is 0.375. The van der Waals surface area contributed by atoms with Gasteiger partial charge in [-0.25, -0.2) is 9.59 Å². The molecule has 5 nitrogen and oxygen atoms in total. The number of aliphatic carboxylic acids is 1. The van der Waals surface area contributed by atoms with Crippen LogP contribution in [0.5, 0.6) is 0 Å². The Morgan fingerprint density at radius 2 is 2.19 bits per heavy atom. The van der Waals surface area contributed by atoms with Crippen LogP contribution in [0.1, 0.15) is 30.4 Å². The highest BCUT2D eigenvalue weighted by Crippen LogP contribution is 2.18. The van der Waals surface area contributed by atoms with Gasteiger partial charge in [0.15, 0.2) is 0 Å². The van der Waals surface area contributed by atoms with Gasteiger partial charge in [-0.3, -0.25) is 0 Å². The van der Waals surface area contributed by atoms with Gasteiger partial charge in [0.25, 0.3) is 0 Å². The van der Waals surface area contributed by atoms with Gasteiger partial charge in [0.2, 0.25) is 0 Å². The smallest absolute Gasteiger partial charge is 0.328 e. The second-order valence-electron chi connectivity index (χ2n) is 5.35. The molecule has 2 N–H and O–H groups in total. The maximum atomic E-state index is 12.0. The molecule has 0 aliphatic heterocycles. The van der Waals surface area contributed by atoms with Crippen molar-refractivity contribution in [1.29, 1.82) is 0 Å². The normalized spacial score (nSPS) is 14.7. The molecule has 0 atom stereocenters. The minimum Gasteiger partial charge on any atom is -0.478 e. The highest BCUT2D eigenvalue weighted by Gasteiger charge is 2.21. The third kappa shape index (κ3) is 4.63. The molecule has 2 amide bonds. The molecule has 112 valence electrons. The molecule has 0 bridgehead atoms. The lowest BCUT2D eigenvalue weighted by Gasteiger charge is -2.29. The van der Waals surface area contributed by atoms with Gasteiger partial charge in [0.1, 0.15) is 0 Å². The van der Waals surface area contributed by atoms with Crippen molar-refractivity contribution in [1.82, 2.24) is 10.2 Å². The summed E-state index contributed by atoms with van der Waals surface area (Å²) in [5, 5.41) is 11.6. The summed E-state index contributed by atoms with van der Waals surface area (Å²) in [5.74, 6) is -0.975. The number of urea groups is 1. The van der Waals surface area contributed by atoms with Crippen molar-refractivity contribution in [3.63, 3.8) is 0 Å². The number of benzene rings is 1. The SMILES string of the molecule is CN(Cc1cccc(/C=C/C(=O)O)c1)C(=O)NC1CCC1. The quantitative estimate of drug-likeness (QED) is 0.818. The Morgan fingerprint density at radius 1 is 1.43 bits per heavy atom. The van der Waals surface area contributed by atoms with Crippen molar-refractivity contribution in [2.75, 3.05) is 7.05 Å². The molecule has 0 aromatic heterocycles. The van der Waals surface area contributed by atoms with Gasteiger partial charge in [-0.05, 0) is 42.5 Å². The van der Waals surface area contributed by atoms with E-state index in [-0.39, 0.29) is 6.03 Å². The number of carbonyl (C=O) groups is 2. The summed E-state index contributed by atoms with van der Waals surface area (Å²) in [7, 11) is 1.76. The largest absolute Gasteiger partial charge is 0.478 e. The molecule has 5 heteroatoms. The standard InChI is InChI=1S/C16H20N2O3/c1-18(16(21)17-14-6-3-7-14)11-13-5-2-4-12(10-13)8-9-15(19)20/h2,4-5,8-10,14H,3,6-7,11H2,1H3,(H,17,21)(H,19,20)/b9-8+. The molecule has 21 heavy (non-hydrogen) atoms. The number of amides is 2. The third-order valence-corrected chi connectivity index (χ3v) is 3.57. The molecule has 1 aliphatic rings. The topological polar surface area (TPSA) is 69.6 Å². The number of carbonyl (C=O) groups excluding carboxylic acids is 1. The second-order valence-corrected chi connectivity index (χ2v) is 5.35. The van der Waals surface area contributed by atoms with E-state index < -0.39 is 5.97 Å². The van der Waals surface area contributed by atoms with E-state index in [2.05, 4.69) is 5.32 Å². The van der Waals surface area contributed by atoms with E-state index in [1.807, 2.05) is 24.3 Å². The van der Waals surface area contributed by atoms with Gasteiger partial charge in [-0.1, -0.05) is 18.2 Å². The molecule has 1 aliphatic carbocycles. The van der Waals surface area contributed by atoms with Crippen LogP contribution in [0, 0.1) is 0 Å². The molecule has 0 radical (unpaired) electrons. The Kier molecular flexibility index (Phi) is 4.98. The van der Waals surface area contributed by atoms with Crippen LogP contribution in [-0.4, -0.2) is 35.1 Å². The minimum absolute atomic E-state index is 0.0637. The maximum absolute atomic E-state index is 12.0. The number of nitrogens with zero attached hydrogens (tertiary/aromatic N) is 1. The molecule has 0 spiro atoms. The molecular weight excluding hydrogens is 268 g/mol. The fourth-order valence-corrected chi connectivity index (χ4v) is 2.15. The van der Waals surface area contributed by atoms with Crippen molar-refractivity contribution < 1.29 is 14.7 Å². The average molecular weight is 288 g/mol. The Morgan fingerprint density at radius 3 is 2.81 bits per heavy atom. The fourth-order valence-electron chi connectivity index (χ4n) is 2.15. The van der Waals surface area contributed by atoms with E-state index in [4.69, 9.17) is 5.11 Å². The van der Waals surface area contributed by atoms with Gasteiger partial charge in [-0.15, -0.1) is 0 Å². The number of rotatable bonds is 5. The highest BCUT2D eigenvalue weighted by atomic mass is 16.4. The first-order chi connectivity index (χ1) is 10.0. The van der Waals surface area contributed by atoms with E-state index in [0.29, 0.717) is 12.6 Å². The lowest BCUT2D eigenvalue weighted by molar-refractivity contribution is -0.131. The number of nitrogens with one attached hydrogen (secondary N) is 1. The molecule has 1 aromatic carbocycles. The summed E-state index contributed by atoms with van der Waals surface area (Å²) < 4.78 is 0. The molecule has 1 saturated carbocycles. The molecule has 0 unspecified atom stereocenters. The van der Waals surface area contributed by atoms with Gasteiger partial charge < -0.3 is 15.3 Å². The average Bonchev–Trinajstić information content (AvgIpc) is 2.40. The third-order valence-electron chi connectivity index (χ3n) is 3.57. The van der Waals surface area contributed by atoms with Crippen LogP contribution in [0.4, 0.5) is 4.79 Å². The van der Waals surface area contributed by atoms with Crippen LogP contribution >= 0.6 is 0 Å². The molecule has 1 aromatic rings. The molecular formula is C16H20N2O3. The summed E-state index contributed by atoms with van der Waals surface area (Å²) in [5.41, 5.74) is 1.77. The summed E-state index contributed by atoms with van der Waals surface area (Å²) in [4.78, 5) is 24.1. The zero-order valence-corrected chi connectivity index (χ0v) is 12.1. The van der Waals surface area contributed by atoms with Crippen molar-refractivity contribution in [3.05, 3.63) is 41.5 Å². The van der Waals surface area contributed by atoms with Crippen LogP contribution in [-0.2, 0) is 11.3 Å². The first-order valence-corrected chi connectivity index (χ1v) is 7.06. The second kappa shape index (κ2) is 6.92. The summed E-state index contributed by atoms with van der Waals surface area (Å²) >= 11 is 0. The summed E-state index contributed by atoms with van der Waals surface area (Å²) in [6, 6.07) is 7.75. The Bertz CT molecular complexity index is 550. The van der Waals surface area contributed by atoms with Crippen molar-refractivity contribution in [3.8, 4) is 0 Å². The lowest BCUT2D eigenvalue weighted by atomic mass is 9.93. The van der Waals surface area contributed by atoms with E-state index in [1.54, 1.807) is 18.0 Å². The Hall–Kier alpha value is -2.30. The zero-order valence-electron chi connectivity index (χ0n) is 12.1. The first-order valence-electron chi connectivity index (χ1n) is 7.06. The van der Waals surface area contributed by atoms with Gasteiger partial charge >= 0.3 is 12.0 Å². The van der Waals surface area contributed by atoms with Crippen molar-refractivity contribution in [2.24, 2.45) is 0 Å². The Balaban J connectivity index is 1.93.